The van der Waals surface area contributed by atoms with Gasteiger partial charge in [0.1, 0.15) is 0 Å². The summed E-state index contributed by atoms with van der Waals surface area (Å²) in [6.45, 7) is 7.41. The lowest BCUT2D eigenvalue weighted by atomic mass is 10.1. The molecule has 27 heavy (non-hydrogen) atoms. The van der Waals surface area contributed by atoms with Crippen molar-refractivity contribution in [3.8, 4) is 0 Å². The minimum Gasteiger partial charge on any atom is -0.350 e. The first-order valence-corrected chi connectivity index (χ1v) is 9.51. The number of nitrogens with zero attached hydrogens (tertiary/aromatic N) is 1. The molecule has 0 heterocycles. The van der Waals surface area contributed by atoms with Crippen molar-refractivity contribution in [3.63, 3.8) is 0 Å². The summed E-state index contributed by atoms with van der Waals surface area (Å²) in [5, 5.41) is 5.82. The van der Waals surface area contributed by atoms with Crippen LogP contribution < -0.4 is 10.6 Å². The van der Waals surface area contributed by atoms with Gasteiger partial charge in [-0.25, -0.2) is 0 Å². The molecule has 0 saturated heterocycles. The fourth-order valence-electron chi connectivity index (χ4n) is 2.73. The summed E-state index contributed by atoms with van der Waals surface area (Å²) < 4.78 is 0. The van der Waals surface area contributed by atoms with Gasteiger partial charge in [-0.3, -0.25) is 14.5 Å². The normalized spacial score (nSPS) is 10.7. The maximum absolute atomic E-state index is 12.1. The highest BCUT2D eigenvalue weighted by Crippen LogP contribution is 2.14. The molecule has 0 aliphatic carbocycles. The Morgan fingerprint density at radius 2 is 1.56 bits per heavy atom. The maximum Gasteiger partial charge on any atom is 0.253 e. The summed E-state index contributed by atoms with van der Waals surface area (Å²) in [5.74, 6) is -0.606. The molecule has 0 unspecified atom stereocenters. The summed E-state index contributed by atoms with van der Waals surface area (Å²) in [6, 6.07) is 14.8. The first kappa shape index (κ1) is 20.9. The van der Waals surface area contributed by atoms with Crippen molar-refractivity contribution in [1.29, 1.82) is 0 Å². The lowest BCUT2D eigenvalue weighted by Crippen LogP contribution is -2.37. The largest absolute Gasteiger partial charge is 0.350 e. The van der Waals surface area contributed by atoms with Crippen molar-refractivity contribution in [2.75, 3.05) is 19.6 Å². The predicted octanol–water partition coefficient (Wildman–Crippen LogP) is 3.23. The molecule has 5 nitrogen and oxygen atoms in total. The zero-order chi connectivity index (χ0) is 19.6. The number of halogens is 1. The van der Waals surface area contributed by atoms with E-state index in [1.165, 1.54) is 5.56 Å². The third-order valence-electron chi connectivity index (χ3n) is 4.41. The van der Waals surface area contributed by atoms with Crippen molar-refractivity contribution in [2.45, 2.75) is 26.9 Å². The summed E-state index contributed by atoms with van der Waals surface area (Å²) >= 11 is 5.99. The number of carbonyl (C=O) groups is 2. The number of hydrogen-bond acceptors (Lipinski definition) is 3. The minimum absolute atomic E-state index is 0.0950. The van der Waals surface area contributed by atoms with E-state index in [0.29, 0.717) is 17.1 Å². The number of carbonyl (C=O) groups excluding carboxylic acids is 2. The molecule has 144 valence electrons. The highest BCUT2D eigenvalue weighted by atomic mass is 35.5. The molecule has 0 fully saturated rings. The molecule has 0 spiro atoms. The first-order chi connectivity index (χ1) is 13.0. The Labute approximate surface area is 165 Å². The third-order valence-corrected chi connectivity index (χ3v) is 4.74. The molecular weight excluding hydrogens is 362 g/mol. The lowest BCUT2D eigenvalue weighted by molar-refractivity contribution is -0.120. The van der Waals surface area contributed by atoms with Crippen LogP contribution in [-0.4, -0.2) is 36.3 Å². The molecule has 0 aromatic heterocycles. The fraction of sp³-hybridized carbons (Fsp3) is 0.333. The van der Waals surface area contributed by atoms with E-state index in [1.807, 2.05) is 18.2 Å². The zero-order valence-corrected chi connectivity index (χ0v) is 16.6. The Bertz CT molecular complexity index is 776. The van der Waals surface area contributed by atoms with Crippen LogP contribution in [0.4, 0.5) is 0 Å². The van der Waals surface area contributed by atoms with Gasteiger partial charge in [-0.05, 0) is 36.3 Å². The van der Waals surface area contributed by atoms with Gasteiger partial charge in [0, 0.05) is 13.1 Å². The van der Waals surface area contributed by atoms with Gasteiger partial charge in [0.25, 0.3) is 5.91 Å². The van der Waals surface area contributed by atoms with Gasteiger partial charge in [0.2, 0.25) is 5.91 Å². The molecule has 0 atom stereocenters. The van der Waals surface area contributed by atoms with Gasteiger partial charge < -0.3 is 10.6 Å². The molecule has 0 radical (unpaired) electrons. The smallest absolute Gasteiger partial charge is 0.253 e. The van der Waals surface area contributed by atoms with Gasteiger partial charge in [0.05, 0.1) is 17.1 Å². The van der Waals surface area contributed by atoms with Crippen molar-refractivity contribution in [3.05, 3.63) is 70.2 Å². The Hall–Kier alpha value is -2.37. The van der Waals surface area contributed by atoms with Crippen molar-refractivity contribution in [2.24, 2.45) is 0 Å². The number of hydrogen-bond donors (Lipinski definition) is 2. The molecule has 0 aliphatic rings. The molecule has 2 aromatic carbocycles. The van der Waals surface area contributed by atoms with Crippen LogP contribution in [0.3, 0.4) is 0 Å². The average Bonchev–Trinajstić information content (AvgIpc) is 2.69. The maximum atomic E-state index is 12.1. The van der Waals surface area contributed by atoms with E-state index in [9.17, 15) is 9.59 Å². The Morgan fingerprint density at radius 3 is 2.22 bits per heavy atom. The van der Waals surface area contributed by atoms with E-state index >= 15 is 0 Å². The number of nitrogens with one attached hydrogen (secondary N) is 2. The van der Waals surface area contributed by atoms with Crippen LogP contribution in [0.25, 0.3) is 0 Å². The van der Waals surface area contributed by atoms with Gasteiger partial charge in [0.15, 0.2) is 0 Å². The second-order valence-corrected chi connectivity index (χ2v) is 6.58. The predicted molar refractivity (Wildman–Crippen MR) is 109 cm³/mol. The molecule has 2 rings (SSSR count). The van der Waals surface area contributed by atoms with Crippen molar-refractivity contribution < 1.29 is 9.59 Å². The zero-order valence-electron chi connectivity index (χ0n) is 15.8. The van der Waals surface area contributed by atoms with E-state index < -0.39 is 0 Å². The Morgan fingerprint density at radius 1 is 0.926 bits per heavy atom. The van der Waals surface area contributed by atoms with Crippen molar-refractivity contribution >= 4 is 23.4 Å². The second-order valence-electron chi connectivity index (χ2n) is 6.17. The van der Waals surface area contributed by atoms with Crippen LogP contribution in [0.1, 0.15) is 35.3 Å². The lowest BCUT2D eigenvalue weighted by Gasteiger charge is -2.20. The van der Waals surface area contributed by atoms with Crippen LogP contribution >= 0.6 is 11.6 Å². The van der Waals surface area contributed by atoms with Gasteiger partial charge in [-0.15, -0.1) is 0 Å². The molecule has 0 aliphatic heterocycles. The van der Waals surface area contributed by atoms with E-state index in [-0.39, 0.29) is 18.4 Å². The molecule has 2 amide bonds. The molecule has 2 N–H and O–H groups in total. The van der Waals surface area contributed by atoms with Crippen LogP contribution in [0, 0.1) is 0 Å². The number of rotatable bonds is 9. The van der Waals surface area contributed by atoms with Gasteiger partial charge in [-0.1, -0.05) is 61.8 Å². The molecule has 2 aromatic rings. The SMILES string of the molecule is CCN(CC)Cc1ccccc1CNC(=O)CNC(=O)c1ccccc1Cl. The van der Waals surface area contributed by atoms with E-state index in [1.54, 1.807) is 24.3 Å². The van der Waals surface area contributed by atoms with E-state index in [2.05, 4.69) is 35.4 Å². The second kappa shape index (κ2) is 10.7. The standard InChI is InChI=1S/C21H26ClN3O2/c1-3-25(4-2)15-17-10-6-5-9-16(17)13-23-20(26)14-24-21(27)18-11-7-8-12-19(18)22/h5-12H,3-4,13-15H2,1-2H3,(H,23,26)(H,24,27). The monoisotopic (exact) mass is 387 g/mol. The van der Waals surface area contributed by atoms with Crippen LogP contribution in [0.15, 0.2) is 48.5 Å². The Balaban J connectivity index is 1.87. The van der Waals surface area contributed by atoms with Crippen LogP contribution in [-0.2, 0) is 17.9 Å². The van der Waals surface area contributed by atoms with Crippen LogP contribution in [0.5, 0.6) is 0 Å². The number of amides is 2. The molecule has 0 bridgehead atoms. The summed E-state index contributed by atoms with van der Waals surface area (Å²) in [5.41, 5.74) is 2.63. The third kappa shape index (κ3) is 6.38. The molecule has 0 saturated carbocycles. The summed E-state index contributed by atoms with van der Waals surface area (Å²) in [6.07, 6.45) is 0. The molecule has 6 heteroatoms. The highest BCUT2D eigenvalue weighted by Gasteiger charge is 2.12. The molecular formula is C21H26ClN3O2. The highest BCUT2D eigenvalue weighted by molar-refractivity contribution is 6.33. The van der Waals surface area contributed by atoms with Gasteiger partial charge >= 0.3 is 0 Å². The number of benzene rings is 2. The summed E-state index contributed by atoms with van der Waals surface area (Å²) in [7, 11) is 0. The van der Waals surface area contributed by atoms with Crippen molar-refractivity contribution in [1.82, 2.24) is 15.5 Å². The quantitative estimate of drug-likeness (QED) is 0.694. The van der Waals surface area contributed by atoms with E-state index in [0.717, 1.165) is 25.2 Å². The van der Waals surface area contributed by atoms with E-state index in [4.69, 9.17) is 11.6 Å². The fourth-order valence-corrected chi connectivity index (χ4v) is 2.95. The first-order valence-electron chi connectivity index (χ1n) is 9.13. The topological polar surface area (TPSA) is 61.4 Å². The summed E-state index contributed by atoms with van der Waals surface area (Å²) in [4.78, 5) is 26.5. The van der Waals surface area contributed by atoms with Crippen LogP contribution in [0.2, 0.25) is 5.02 Å². The Kier molecular flexibility index (Phi) is 8.30. The minimum atomic E-state index is -0.363. The average molecular weight is 388 g/mol. The van der Waals surface area contributed by atoms with Gasteiger partial charge in [-0.2, -0.15) is 0 Å².